The molecule has 1 aliphatic rings. The number of rotatable bonds is 7. The molecule has 1 aliphatic heterocycles. The van der Waals surface area contributed by atoms with E-state index in [0.717, 1.165) is 21.8 Å². The summed E-state index contributed by atoms with van der Waals surface area (Å²) >= 11 is 0.869. The molecule has 1 amide bonds. The van der Waals surface area contributed by atoms with Gasteiger partial charge in [0.15, 0.2) is 16.7 Å². The highest BCUT2D eigenvalue weighted by molar-refractivity contribution is 7.17. The van der Waals surface area contributed by atoms with Crippen LogP contribution in [0.5, 0.6) is 0 Å². The Hall–Kier alpha value is -4.11. The van der Waals surface area contributed by atoms with Crippen molar-refractivity contribution in [1.29, 1.82) is 0 Å². The lowest BCUT2D eigenvalue weighted by molar-refractivity contribution is -0.117. The van der Waals surface area contributed by atoms with Gasteiger partial charge in [-0.3, -0.25) is 14.5 Å². The molecule has 0 fully saturated rings. The highest BCUT2D eigenvalue weighted by atomic mass is 32.1. The summed E-state index contributed by atoms with van der Waals surface area (Å²) in [7, 11) is 0. The van der Waals surface area contributed by atoms with E-state index in [1.54, 1.807) is 50.3 Å². The number of anilines is 1. The first-order valence-corrected chi connectivity index (χ1v) is 11.6. The van der Waals surface area contributed by atoms with Gasteiger partial charge in [-0.25, -0.2) is 14.2 Å². The maximum absolute atomic E-state index is 14.9. The molecule has 0 aliphatic carbocycles. The predicted octanol–water partition coefficient (Wildman–Crippen LogP) is 4.95. The third kappa shape index (κ3) is 4.63. The first-order valence-electron chi connectivity index (χ1n) is 10.8. The molecule has 0 spiro atoms. The van der Waals surface area contributed by atoms with E-state index in [2.05, 4.69) is 4.98 Å². The number of halogens is 1. The SMILES string of the molecule is CCOC(=O)c1sc(N2C(=O)C(O)=C(C(=O)C=Cc3ccccc3)C2c2ccccc2F)nc1C. The maximum atomic E-state index is 14.9. The number of aryl methyl sites for hydroxylation is 1. The van der Waals surface area contributed by atoms with Crippen LogP contribution in [0.25, 0.3) is 6.08 Å². The van der Waals surface area contributed by atoms with Crippen molar-refractivity contribution in [2.45, 2.75) is 19.9 Å². The molecule has 2 aromatic carbocycles. The first kappa shape index (κ1) is 24.0. The number of hydrogen-bond donors (Lipinski definition) is 1. The Bertz CT molecular complexity index is 1360. The second-order valence-electron chi connectivity index (χ2n) is 7.60. The van der Waals surface area contributed by atoms with Gasteiger partial charge in [0, 0.05) is 5.56 Å². The number of allylic oxidation sites excluding steroid dienone is 1. The summed E-state index contributed by atoms with van der Waals surface area (Å²) < 4.78 is 20.0. The molecule has 0 radical (unpaired) electrons. The minimum Gasteiger partial charge on any atom is -0.503 e. The average molecular weight is 493 g/mol. The van der Waals surface area contributed by atoms with Crippen LogP contribution in [0.1, 0.15) is 39.5 Å². The number of amides is 1. The van der Waals surface area contributed by atoms with E-state index in [0.29, 0.717) is 5.69 Å². The molecule has 4 rings (SSSR count). The second-order valence-corrected chi connectivity index (χ2v) is 8.58. The van der Waals surface area contributed by atoms with Gasteiger partial charge in [0.1, 0.15) is 16.7 Å². The minimum atomic E-state index is -1.28. The highest BCUT2D eigenvalue weighted by Crippen LogP contribution is 2.43. The Labute approximate surface area is 204 Å². The normalized spacial score (nSPS) is 15.8. The van der Waals surface area contributed by atoms with E-state index in [1.165, 1.54) is 24.3 Å². The van der Waals surface area contributed by atoms with Crippen LogP contribution in [-0.2, 0) is 14.3 Å². The lowest BCUT2D eigenvalue weighted by Crippen LogP contribution is -2.31. The van der Waals surface area contributed by atoms with Crippen molar-refractivity contribution in [2.75, 3.05) is 11.5 Å². The Morgan fingerprint density at radius 1 is 1.17 bits per heavy atom. The van der Waals surface area contributed by atoms with Crippen molar-refractivity contribution in [3.05, 3.63) is 99.5 Å². The maximum Gasteiger partial charge on any atom is 0.350 e. The smallest absolute Gasteiger partial charge is 0.350 e. The molecule has 1 atom stereocenters. The van der Waals surface area contributed by atoms with Crippen LogP contribution in [0.15, 0.2) is 72.0 Å². The van der Waals surface area contributed by atoms with Crippen molar-refractivity contribution >= 4 is 40.2 Å². The Morgan fingerprint density at radius 3 is 2.54 bits per heavy atom. The Balaban J connectivity index is 1.80. The van der Waals surface area contributed by atoms with E-state index < -0.39 is 35.3 Å². The second kappa shape index (κ2) is 10.0. The van der Waals surface area contributed by atoms with Crippen molar-refractivity contribution in [2.24, 2.45) is 0 Å². The number of thiazole rings is 1. The van der Waals surface area contributed by atoms with Crippen LogP contribution in [0.4, 0.5) is 9.52 Å². The van der Waals surface area contributed by atoms with Gasteiger partial charge < -0.3 is 9.84 Å². The predicted molar refractivity (Wildman–Crippen MR) is 130 cm³/mol. The zero-order valence-corrected chi connectivity index (χ0v) is 19.7. The summed E-state index contributed by atoms with van der Waals surface area (Å²) in [6.07, 6.45) is 2.77. The number of esters is 1. The summed E-state index contributed by atoms with van der Waals surface area (Å²) in [5, 5.41) is 10.8. The van der Waals surface area contributed by atoms with Crippen molar-refractivity contribution < 1.29 is 28.6 Å². The molecule has 7 nitrogen and oxygen atoms in total. The summed E-state index contributed by atoms with van der Waals surface area (Å²) in [4.78, 5) is 44.2. The molecule has 3 aromatic rings. The number of aliphatic hydroxyl groups is 1. The Morgan fingerprint density at radius 2 is 1.86 bits per heavy atom. The molecular weight excluding hydrogens is 471 g/mol. The van der Waals surface area contributed by atoms with Gasteiger partial charge >= 0.3 is 5.97 Å². The van der Waals surface area contributed by atoms with Gasteiger partial charge in [0.2, 0.25) is 0 Å². The number of hydrogen-bond acceptors (Lipinski definition) is 7. The topological polar surface area (TPSA) is 96.8 Å². The van der Waals surface area contributed by atoms with Crippen LogP contribution >= 0.6 is 11.3 Å². The minimum absolute atomic E-state index is 0.00639. The van der Waals surface area contributed by atoms with Gasteiger partial charge in [-0.15, -0.1) is 0 Å². The van der Waals surface area contributed by atoms with Crippen LogP contribution in [0, 0.1) is 12.7 Å². The third-order valence-corrected chi connectivity index (χ3v) is 6.49. The Kier molecular flexibility index (Phi) is 6.88. The van der Waals surface area contributed by atoms with E-state index >= 15 is 0 Å². The van der Waals surface area contributed by atoms with Gasteiger partial charge in [0.05, 0.1) is 17.9 Å². The fraction of sp³-hybridized carbons (Fsp3) is 0.154. The molecule has 9 heteroatoms. The molecule has 178 valence electrons. The van der Waals surface area contributed by atoms with E-state index in [4.69, 9.17) is 4.74 Å². The van der Waals surface area contributed by atoms with Crippen LogP contribution < -0.4 is 4.90 Å². The van der Waals surface area contributed by atoms with Gasteiger partial charge in [-0.2, -0.15) is 0 Å². The van der Waals surface area contributed by atoms with E-state index in [9.17, 15) is 23.9 Å². The van der Waals surface area contributed by atoms with E-state index in [1.807, 2.05) is 6.07 Å². The van der Waals surface area contributed by atoms with Crippen LogP contribution in [0.3, 0.4) is 0 Å². The van der Waals surface area contributed by atoms with Gasteiger partial charge in [0.25, 0.3) is 5.91 Å². The molecule has 1 unspecified atom stereocenters. The molecule has 2 heterocycles. The highest BCUT2D eigenvalue weighted by Gasteiger charge is 2.46. The molecule has 35 heavy (non-hydrogen) atoms. The molecule has 1 aromatic heterocycles. The first-order chi connectivity index (χ1) is 16.8. The number of carbonyl (C=O) groups excluding carboxylic acids is 3. The number of ether oxygens (including phenoxy) is 1. The number of benzene rings is 2. The number of ketones is 1. The standard InChI is InChI=1S/C26H21FN2O5S/c1-3-34-25(33)23-15(2)28-26(35-23)29-21(17-11-7-8-12-18(17)27)20(22(31)24(29)32)19(30)14-13-16-9-5-4-6-10-16/h4-14,21,31H,3H2,1-2H3. The van der Waals surface area contributed by atoms with Gasteiger partial charge in [-0.05, 0) is 31.6 Å². The fourth-order valence-electron chi connectivity index (χ4n) is 3.74. The summed E-state index contributed by atoms with van der Waals surface area (Å²) in [6.45, 7) is 3.39. The van der Waals surface area contributed by atoms with Crippen LogP contribution in [0.2, 0.25) is 0 Å². The number of nitrogens with zero attached hydrogens (tertiary/aromatic N) is 2. The lowest BCUT2D eigenvalue weighted by Gasteiger charge is -2.24. The summed E-state index contributed by atoms with van der Waals surface area (Å²) in [5.74, 6) is -3.65. The number of aliphatic hydroxyl groups excluding tert-OH is 1. The summed E-state index contributed by atoms with van der Waals surface area (Å²) in [5.41, 5.74) is 0.774. The molecule has 0 saturated carbocycles. The zero-order valence-electron chi connectivity index (χ0n) is 18.9. The van der Waals surface area contributed by atoms with Gasteiger partial charge in [-0.1, -0.05) is 65.9 Å². The monoisotopic (exact) mass is 492 g/mol. The van der Waals surface area contributed by atoms with Crippen LogP contribution in [-0.4, -0.2) is 34.4 Å². The van der Waals surface area contributed by atoms with Crippen molar-refractivity contribution in [3.8, 4) is 0 Å². The van der Waals surface area contributed by atoms with Crippen molar-refractivity contribution in [3.63, 3.8) is 0 Å². The quantitative estimate of drug-likeness (QED) is 0.370. The molecule has 1 N–H and O–H groups in total. The molecular formula is C26H21FN2O5S. The average Bonchev–Trinajstić information content (AvgIpc) is 3.35. The van der Waals surface area contributed by atoms with Crippen molar-refractivity contribution in [1.82, 2.24) is 4.98 Å². The number of carbonyl (C=O) groups is 3. The lowest BCUT2D eigenvalue weighted by atomic mass is 9.95. The fourth-order valence-corrected chi connectivity index (χ4v) is 4.73. The van der Waals surface area contributed by atoms with E-state index in [-0.39, 0.29) is 27.8 Å². The third-order valence-electron chi connectivity index (χ3n) is 5.35. The largest absolute Gasteiger partial charge is 0.503 e. The molecule has 0 saturated heterocycles. The molecule has 0 bridgehead atoms. The zero-order chi connectivity index (χ0) is 25.1. The summed E-state index contributed by atoms with van der Waals surface area (Å²) in [6, 6.07) is 13.4. The number of aromatic nitrogens is 1.